The van der Waals surface area contributed by atoms with Crippen LogP contribution in [-0.2, 0) is 16.1 Å². The van der Waals surface area contributed by atoms with Crippen molar-refractivity contribution in [1.29, 1.82) is 0 Å². The minimum atomic E-state index is 0.0407. The highest BCUT2D eigenvalue weighted by molar-refractivity contribution is 6.35. The van der Waals surface area contributed by atoms with E-state index < -0.39 is 0 Å². The van der Waals surface area contributed by atoms with Gasteiger partial charge in [-0.25, -0.2) is 0 Å². The number of carbonyl (C=O) groups is 1. The zero-order valence-corrected chi connectivity index (χ0v) is 18.9. The first kappa shape index (κ1) is 22.9. The van der Waals surface area contributed by atoms with Gasteiger partial charge in [0.15, 0.2) is 6.79 Å². The highest BCUT2D eigenvalue weighted by atomic mass is 35.5. The van der Waals surface area contributed by atoms with Gasteiger partial charge in [0.1, 0.15) is 5.75 Å². The smallest absolute Gasteiger partial charge is 0.216 e. The van der Waals surface area contributed by atoms with E-state index >= 15 is 0 Å². The van der Waals surface area contributed by atoms with Crippen molar-refractivity contribution in [3.8, 4) is 16.9 Å². The second-order valence-electron chi connectivity index (χ2n) is 7.73. The van der Waals surface area contributed by atoms with Crippen molar-refractivity contribution in [3.05, 3.63) is 52.0 Å². The lowest BCUT2D eigenvalue weighted by molar-refractivity contribution is -0.119. The lowest BCUT2D eigenvalue weighted by atomic mass is 9.96. The Morgan fingerprint density at radius 1 is 1.07 bits per heavy atom. The third-order valence-corrected chi connectivity index (χ3v) is 5.70. The molecule has 1 aliphatic heterocycles. The number of carbonyl (C=O) groups excluding carboxylic acids is 1. The number of rotatable bonds is 8. The minimum Gasteiger partial charge on any atom is -0.468 e. The van der Waals surface area contributed by atoms with Gasteiger partial charge in [-0.05, 0) is 84.9 Å². The van der Waals surface area contributed by atoms with Crippen LogP contribution in [0.25, 0.3) is 11.1 Å². The molecule has 0 aliphatic carbocycles. The predicted octanol–water partition coefficient (Wildman–Crippen LogP) is 4.99. The fraction of sp³-hybridized carbons (Fsp3) is 0.435. The van der Waals surface area contributed by atoms with Crippen LogP contribution < -0.4 is 10.1 Å². The topological polar surface area (TPSA) is 50.8 Å². The minimum absolute atomic E-state index is 0.0407. The summed E-state index contributed by atoms with van der Waals surface area (Å²) in [5.41, 5.74) is 3.11. The van der Waals surface area contributed by atoms with Gasteiger partial charge in [0, 0.05) is 37.2 Å². The third-order valence-electron chi connectivity index (χ3n) is 5.26. The maximum Gasteiger partial charge on any atom is 0.216 e. The molecule has 2 aromatic carbocycles. The van der Waals surface area contributed by atoms with E-state index in [0.29, 0.717) is 16.0 Å². The van der Waals surface area contributed by atoms with Crippen molar-refractivity contribution in [2.75, 3.05) is 33.5 Å². The first-order valence-electron chi connectivity index (χ1n) is 10.1. The lowest BCUT2D eigenvalue weighted by Gasteiger charge is -2.32. The van der Waals surface area contributed by atoms with E-state index in [1.165, 1.54) is 0 Å². The van der Waals surface area contributed by atoms with Crippen molar-refractivity contribution in [2.45, 2.75) is 26.3 Å². The Hall–Kier alpha value is -1.79. The van der Waals surface area contributed by atoms with Crippen molar-refractivity contribution >= 4 is 29.1 Å². The number of hydrogen-bond donors (Lipinski definition) is 1. The van der Waals surface area contributed by atoms with Crippen LogP contribution in [0.2, 0.25) is 10.0 Å². The standard InChI is InChI=1S/C23H28Cl2N2O3/c1-16(28)26-13-17-3-5-27(6-4-17)14-18-7-19(11-23(8-18)30-15-29-2)20-9-21(24)12-22(25)10-20/h7-12,17H,3-6,13-15H2,1-2H3,(H,26,28). The number of nitrogens with one attached hydrogen (secondary N) is 1. The summed E-state index contributed by atoms with van der Waals surface area (Å²) >= 11 is 12.4. The summed E-state index contributed by atoms with van der Waals surface area (Å²) in [6.45, 7) is 5.37. The van der Waals surface area contributed by atoms with Crippen molar-refractivity contribution in [3.63, 3.8) is 0 Å². The normalized spacial score (nSPS) is 15.2. The Balaban J connectivity index is 1.73. The van der Waals surface area contributed by atoms with Crippen LogP contribution in [0, 0.1) is 5.92 Å². The van der Waals surface area contributed by atoms with Crippen LogP contribution in [-0.4, -0.2) is 44.3 Å². The van der Waals surface area contributed by atoms with E-state index in [0.717, 1.165) is 61.5 Å². The molecule has 3 rings (SSSR count). The number of hydrogen-bond acceptors (Lipinski definition) is 4. The molecule has 0 radical (unpaired) electrons. The van der Waals surface area contributed by atoms with Gasteiger partial charge in [-0.3, -0.25) is 9.69 Å². The summed E-state index contributed by atoms with van der Waals surface area (Å²) in [6.07, 6.45) is 2.16. The predicted molar refractivity (Wildman–Crippen MR) is 121 cm³/mol. The van der Waals surface area contributed by atoms with Crippen LogP contribution >= 0.6 is 23.2 Å². The molecule has 30 heavy (non-hydrogen) atoms. The van der Waals surface area contributed by atoms with Crippen molar-refractivity contribution in [2.24, 2.45) is 5.92 Å². The monoisotopic (exact) mass is 450 g/mol. The Morgan fingerprint density at radius 3 is 2.37 bits per heavy atom. The van der Waals surface area contributed by atoms with Crippen molar-refractivity contribution in [1.82, 2.24) is 10.2 Å². The molecule has 2 aromatic rings. The summed E-state index contributed by atoms with van der Waals surface area (Å²) in [5.74, 6) is 1.34. The Morgan fingerprint density at radius 2 is 1.73 bits per heavy atom. The molecule has 1 N–H and O–H groups in total. The zero-order chi connectivity index (χ0) is 21.5. The van der Waals surface area contributed by atoms with E-state index in [1.54, 1.807) is 20.1 Å². The fourth-order valence-corrected chi connectivity index (χ4v) is 4.27. The van der Waals surface area contributed by atoms with Crippen LogP contribution in [0.1, 0.15) is 25.3 Å². The van der Waals surface area contributed by atoms with Crippen LogP contribution in [0.5, 0.6) is 5.75 Å². The van der Waals surface area contributed by atoms with Gasteiger partial charge in [0.05, 0.1) is 0 Å². The molecule has 1 heterocycles. The van der Waals surface area contributed by atoms with Gasteiger partial charge < -0.3 is 14.8 Å². The van der Waals surface area contributed by atoms with Gasteiger partial charge in [-0.2, -0.15) is 0 Å². The fourth-order valence-electron chi connectivity index (χ4n) is 3.74. The second-order valence-corrected chi connectivity index (χ2v) is 8.60. The number of benzene rings is 2. The molecule has 1 fully saturated rings. The molecule has 0 unspecified atom stereocenters. The molecule has 0 atom stereocenters. The van der Waals surface area contributed by atoms with Crippen LogP contribution in [0.3, 0.4) is 0 Å². The summed E-state index contributed by atoms with van der Waals surface area (Å²) in [6, 6.07) is 11.7. The SMILES string of the molecule is COCOc1cc(CN2CCC(CNC(C)=O)CC2)cc(-c2cc(Cl)cc(Cl)c2)c1. The first-order valence-corrected chi connectivity index (χ1v) is 10.9. The molecule has 1 amide bonds. The molecule has 5 nitrogen and oxygen atoms in total. The number of amides is 1. The maximum absolute atomic E-state index is 11.1. The molecular weight excluding hydrogens is 423 g/mol. The molecule has 0 saturated carbocycles. The lowest BCUT2D eigenvalue weighted by Crippen LogP contribution is -2.37. The molecule has 1 aliphatic rings. The summed E-state index contributed by atoms with van der Waals surface area (Å²) in [5, 5.41) is 4.14. The molecule has 162 valence electrons. The number of nitrogens with zero attached hydrogens (tertiary/aromatic N) is 1. The number of halogens is 2. The average Bonchev–Trinajstić information content (AvgIpc) is 2.71. The summed E-state index contributed by atoms with van der Waals surface area (Å²) in [4.78, 5) is 13.6. The van der Waals surface area contributed by atoms with E-state index in [4.69, 9.17) is 32.7 Å². The summed E-state index contributed by atoms with van der Waals surface area (Å²) < 4.78 is 10.8. The van der Waals surface area contributed by atoms with Crippen LogP contribution in [0.15, 0.2) is 36.4 Å². The van der Waals surface area contributed by atoms with Gasteiger partial charge in [-0.1, -0.05) is 23.2 Å². The quantitative estimate of drug-likeness (QED) is 0.575. The number of methoxy groups -OCH3 is 1. The highest BCUT2D eigenvalue weighted by Gasteiger charge is 2.20. The third kappa shape index (κ3) is 6.88. The zero-order valence-electron chi connectivity index (χ0n) is 17.4. The Labute approximate surface area is 188 Å². The summed E-state index contributed by atoms with van der Waals surface area (Å²) in [7, 11) is 1.60. The van der Waals surface area contributed by atoms with E-state index in [9.17, 15) is 4.79 Å². The van der Waals surface area contributed by atoms with Gasteiger partial charge in [0.25, 0.3) is 0 Å². The van der Waals surface area contributed by atoms with E-state index in [2.05, 4.69) is 22.3 Å². The Kier molecular flexibility index (Phi) is 8.40. The Bertz CT molecular complexity index is 847. The molecule has 7 heteroatoms. The van der Waals surface area contributed by atoms with Gasteiger partial charge in [-0.15, -0.1) is 0 Å². The molecular formula is C23H28Cl2N2O3. The van der Waals surface area contributed by atoms with E-state index in [1.807, 2.05) is 18.2 Å². The number of likely N-dealkylation sites (tertiary alicyclic amines) is 1. The molecule has 0 bridgehead atoms. The van der Waals surface area contributed by atoms with E-state index in [-0.39, 0.29) is 12.7 Å². The molecule has 1 saturated heterocycles. The van der Waals surface area contributed by atoms with Gasteiger partial charge >= 0.3 is 0 Å². The number of piperidine rings is 1. The molecule has 0 aromatic heterocycles. The second kappa shape index (κ2) is 11.0. The van der Waals surface area contributed by atoms with Crippen molar-refractivity contribution < 1.29 is 14.3 Å². The number of ether oxygens (including phenoxy) is 2. The van der Waals surface area contributed by atoms with Crippen LogP contribution in [0.4, 0.5) is 0 Å². The largest absolute Gasteiger partial charge is 0.468 e. The average molecular weight is 451 g/mol. The maximum atomic E-state index is 11.1. The first-order chi connectivity index (χ1) is 14.4. The highest BCUT2D eigenvalue weighted by Crippen LogP contribution is 2.31. The van der Waals surface area contributed by atoms with Gasteiger partial charge in [0.2, 0.25) is 5.91 Å². The molecule has 0 spiro atoms.